The average molecular weight is 230 g/mol. The molecule has 0 amide bonds. The molecular weight excluding hydrogens is 212 g/mol. The maximum absolute atomic E-state index is 5.92. The van der Waals surface area contributed by atoms with Gasteiger partial charge < -0.3 is 11.1 Å². The van der Waals surface area contributed by atoms with Gasteiger partial charge in [-0.1, -0.05) is 12.2 Å². The van der Waals surface area contributed by atoms with Gasteiger partial charge in [0.05, 0.1) is 5.69 Å². The van der Waals surface area contributed by atoms with Crippen LogP contribution in [0.4, 0.5) is 5.82 Å². The van der Waals surface area contributed by atoms with Crippen molar-refractivity contribution in [2.45, 2.75) is 44.2 Å². The van der Waals surface area contributed by atoms with E-state index >= 15 is 0 Å². The number of nitrogens with one attached hydrogen (secondary N) is 1. The summed E-state index contributed by atoms with van der Waals surface area (Å²) in [6.45, 7) is 0. The van der Waals surface area contributed by atoms with Crippen molar-refractivity contribution < 1.29 is 0 Å². The normalized spacial score (nSPS) is 26.9. The SMILES string of the molecule is NC1CCC(Nc2ncnc3c2C=CC3)CC1. The minimum absolute atomic E-state index is 0.393. The van der Waals surface area contributed by atoms with Gasteiger partial charge in [-0.05, 0) is 25.7 Å². The summed E-state index contributed by atoms with van der Waals surface area (Å²) in [6, 6.07) is 0.909. The van der Waals surface area contributed by atoms with Crippen LogP contribution in [0, 0.1) is 0 Å². The first-order valence-electron chi connectivity index (χ1n) is 6.35. The van der Waals surface area contributed by atoms with Crippen LogP contribution in [0.3, 0.4) is 0 Å². The number of aromatic nitrogens is 2. The fraction of sp³-hybridized carbons (Fsp3) is 0.538. The molecule has 90 valence electrons. The molecule has 3 N–H and O–H groups in total. The second-order valence-electron chi connectivity index (χ2n) is 4.95. The lowest BCUT2D eigenvalue weighted by Gasteiger charge is -2.27. The Morgan fingerprint density at radius 3 is 2.82 bits per heavy atom. The van der Waals surface area contributed by atoms with E-state index in [1.807, 2.05) is 0 Å². The van der Waals surface area contributed by atoms with Crippen LogP contribution in [-0.4, -0.2) is 22.1 Å². The monoisotopic (exact) mass is 230 g/mol. The summed E-state index contributed by atoms with van der Waals surface area (Å²) in [5.74, 6) is 0.990. The number of nitrogens with two attached hydrogens (primary N) is 1. The Morgan fingerprint density at radius 2 is 2.00 bits per heavy atom. The molecule has 3 rings (SSSR count). The molecule has 0 radical (unpaired) electrons. The third-order valence-corrected chi connectivity index (χ3v) is 3.67. The van der Waals surface area contributed by atoms with Crippen molar-refractivity contribution in [3.63, 3.8) is 0 Å². The van der Waals surface area contributed by atoms with Gasteiger partial charge >= 0.3 is 0 Å². The number of fused-ring (bicyclic) bond motifs is 1. The molecule has 0 aromatic carbocycles. The Bertz CT molecular complexity index is 433. The van der Waals surface area contributed by atoms with E-state index in [0.29, 0.717) is 12.1 Å². The van der Waals surface area contributed by atoms with Crippen molar-refractivity contribution in [1.82, 2.24) is 9.97 Å². The lowest BCUT2D eigenvalue weighted by Crippen LogP contribution is -2.33. The molecule has 0 saturated heterocycles. The van der Waals surface area contributed by atoms with E-state index in [0.717, 1.165) is 43.6 Å². The molecule has 0 spiro atoms. The van der Waals surface area contributed by atoms with E-state index in [9.17, 15) is 0 Å². The van der Waals surface area contributed by atoms with Crippen molar-refractivity contribution >= 4 is 11.9 Å². The van der Waals surface area contributed by atoms with Gasteiger partial charge in [0.2, 0.25) is 0 Å². The zero-order valence-electron chi connectivity index (χ0n) is 9.89. The van der Waals surface area contributed by atoms with Gasteiger partial charge in [0, 0.05) is 24.1 Å². The van der Waals surface area contributed by atoms with Gasteiger partial charge in [0.1, 0.15) is 12.1 Å². The first-order valence-corrected chi connectivity index (χ1v) is 6.35. The van der Waals surface area contributed by atoms with Gasteiger partial charge in [-0.3, -0.25) is 0 Å². The zero-order valence-corrected chi connectivity index (χ0v) is 9.89. The van der Waals surface area contributed by atoms with Crippen LogP contribution in [0.5, 0.6) is 0 Å². The molecule has 4 nitrogen and oxygen atoms in total. The van der Waals surface area contributed by atoms with Crippen molar-refractivity contribution in [2.75, 3.05) is 5.32 Å². The predicted molar refractivity (Wildman–Crippen MR) is 68.6 cm³/mol. The van der Waals surface area contributed by atoms with Crippen LogP contribution < -0.4 is 11.1 Å². The van der Waals surface area contributed by atoms with Crippen molar-refractivity contribution in [3.05, 3.63) is 23.7 Å². The van der Waals surface area contributed by atoms with Gasteiger partial charge in [-0.15, -0.1) is 0 Å². The third kappa shape index (κ3) is 2.17. The molecule has 1 fully saturated rings. The summed E-state index contributed by atoms with van der Waals surface area (Å²) in [4.78, 5) is 8.65. The Morgan fingerprint density at radius 1 is 1.18 bits per heavy atom. The number of anilines is 1. The summed E-state index contributed by atoms with van der Waals surface area (Å²) in [7, 11) is 0. The molecule has 2 aliphatic carbocycles. The van der Waals surface area contributed by atoms with Crippen molar-refractivity contribution in [3.8, 4) is 0 Å². The van der Waals surface area contributed by atoms with Crippen LogP contribution in [-0.2, 0) is 6.42 Å². The summed E-state index contributed by atoms with van der Waals surface area (Å²) in [5.41, 5.74) is 8.22. The Hall–Kier alpha value is -1.42. The molecule has 1 aromatic rings. The lowest BCUT2D eigenvalue weighted by atomic mass is 9.92. The number of rotatable bonds is 2. The van der Waals surface area contributed by atoms with Crippen LogP contribution in [0.2, 0.25) is 0 Å². The van der Waals surface area contributed by atoms with Gasteiger partial charge in [0.15, 0.2) is 0 Å². The Kier molecular flexibility index (Phi) is 2.81. The average Bonchev–Trinajstić information content (AvgIpc) is 2.81. The fourth-order valence-electron chi connectivity index (χ4n) is 2.63. The maximum Gasteiger partial charge on any atom is 0.137 e. The maximum atomic E-state index is 5.92. The molecule has 0 unspecified atom stereocenters. The van der Waals surface area contributed by atoms with E-state index in [4.69, 9.17) is 5.73 Å². The quantitative estimate of drug-likeness (QED) is 0.812. The molecule has 0 atom stereocenters. The predicted octanol–water partition coefficient (Wildman–Crippen LogP) is 1.73. The summed E-state index contributed by atoms with van der Waals surface area (Å²) in [6.07, 6.45) is 11.4. The lowest BCUT2D eigenvalue weighted by molar-refractivity contribution is 0.410. The van der Waals surface area contributed by atoms with Crippen molar-refractivity contribution in [2.24, 2.45) is 5.73 Å². The molecule has 0 aliphatic heterocycles. The topological polar surface area (TPSA) is 63.8 Å². The first-order chi connectivity index (χ1) is 8.33. The van der Waals surface area contributed by atoms with E-state index in [1.54, 1.807) is 6.33 Å². The summed E-state index contributed by atoms with van der Waals surface area (Å²) >= 11 is 0. The highest BCUT2D eigenvalue weighted by atomic mass is 15.0. The van der Waals surface area contributed by atoms with Crippen LogP contribution in [0.25, 0.3) is 6.08 Å². The number of hydrogen-bond acceptors (Lipinski definition) is 4. The van der Waals surface area contributed by atoms with E-state index in [-0.39, 0.29) is 0 Å². The molecular formula is C13H18N4. The third-order valence-electron chi connectivity index (χ3n) is 3.67. The van der Waals surface area contributed by atoms with E-state index in [1.165, 1.54) is 5.56 Å². The standard InChI is InChI=1S/C13H18N4/c14-9-4-6-10(7-5-9)17-13-11-2-1-3-12(11)15-8-16-13/h1-2,8-10H,3-7,14H2,(H,15,16,17). The molecule has 1 heterocycles. The molecule has 1 saturated carbocycles. The number of hydrogen-bond donors (Lipinski definition) is 2. The van der Waals surface area contributed by atoms with E-state index < -0.39 is 0 Å². The largest absolute Gasteiger partial charge is 0.367 e. The molecule has 1 aromatic heterocycles. The second kappa shape index (κ2) is 4.45. The highest BCUT2D eigenvalue weighted by Gasteiger charge is 2.20. The fourth-order valence-corrected chi connectivity index (χ4v) is 2.63. The van der Waals surface area contributed by atoms with Gasteiger partial charge in [-0.2, -0.15) is 0 Å². The highest BCUT2D eigenvalue weighted by molar-refractivity contribution is 5.68. The minimum atomic E-state index is 0.393. The molecule has 4 heteroatoms. The molecule has 17 heavy (non-hydrogen) atoms. The van der Waals surface area contributed by atoms with E-state index in [2.05, 4.69) is 27.4 Å². The summed E-state index contributed by atoms with van der Waals surface area (Å²) < 4.78 is 0. The van der Waals surface area contributed by atoms with Crippen LogP contribution in [0.1, 0.15) is 36.9 Å². The smallest absolute Gasteiger partial charge is 0.137 e. The first kappa shape index (κ1) is 10.7. The van der Waals surface area contributed by atoms with Crippen molar-refractivity contribution in [1.29, 1.82) is 0 Å². The van der Waals surface area contributed by atoms with Crippen LogP contribution in [0.15, 0.2) is 12.4 Å². The second-order valence-corrected chi connectivity index (χ2v) is 4.95. The van der Waals surface area contributed by atoms with Gasteiger partial charge in [0.25, 0.3) is 0 Å². The molecule has 0 bridgehead atoms. The zero-order chi connectivity index (χ0) is 11.7. The number of allylic oxidation sites excluding steroid dienone is 1. The minimum Gasteiger partial charge on any atom is -0.367 e. The summed E-state index contributed by atoms with van der Waals surface area (Å²) in [5, 5.41) is 3.54. The van der Waals surface area contributed by atoms with Crippen LogP contribution >= 0.6 is 0 Å². The number of nitrogens with zero attached hydrogens (tertiary/aromatic N) is 2. The molecule has 2 aliphatic rings. The Balaban J connectivity index is 1.73. The Labute approximate surface area is 101 Å². The van der Waals surface area contributed by atoms with Gasteiger partial charge in [-0.25, -0.2) is 9.97 Å². The highest BCUT2D eigenvalue weighted by Crippen LogP contribution is 2.26.